The zero-order valence-corrected chi connectivity index (χ0v) is 16.6. The molecule has 2 aromatic heterocycles. The summed E-state index contributed by atoms with van der Waals surface area (Å²) in [4.78, 5) is 29.1. The molecule has 3 heterocycles. The van der Waals surface area contributed by atoms with E-state index in [1.165, 1.54) is 28.2 Å². The average Bonchev–Trinajstić information content (AvgIpc) is 3.20. The van der Waals surface area contributed by atoms with E-state index in [2.05, 4.69) is 4.98 Å². The fourth-order valence-electron chi connectivity index (χ4n) is 2.73. The van der Waals surface area contributed by atoms with Gasteiger partial charge in [0.15, 0.2) is 5.76 Å². The van der Waals surface area contributed by atoms with Crippen molar-refractivity contribution in [1.82, 2.24) is 14.2 Å². The molecule has 0 radical (unpaired) electrons. The number of nitrogens with zero attached hydrogens (tertiary/aromatic N) is 3. The highest BCUT2D eigenvalue weighted by atomic mass is 32.2. The molecule has 0 spiro atoms. The molecule has 0 bridgehead atoms. The molecule has 0 unspecified atom stereocenters. The van der Waals surface area contributed by atoms with Crippen molar-refractivity contribution in [2.75, 3.05) is 31.9 Å². The second-order valence-corrected chi connectivity index (χ2v) is 8.98. The monoisotopic (exact) mass is 424 g/mol. The van der Waals surface area contributed by atoms with Crippen LogP contribution in [-0.2, 0) is 20.6 Å². The Hall–Kier alpha value is -2.37. The van der Waals surface area contributed by atoms with E-state index in [1.54, 1.807) is 17.3 Å². The number of aromatic nitrogens is 1. The standard InChI is InChI=1S/C17H20N4O5S2/c18-17(23)14-3-4-16(26-14)28(24,25)21-8-6-20(7-9-21)15(22)12-27-11-13-2-1-5-19-10-13/h1-5,10H,6-9,11-12H2,(H2,18,23). The lowest BCUT2D eigenvalue weighted by molar-refractivity contribution is -0.129. The molecular weight excluding hydrogens is 404 g/mol. The summed E-state index contributed by atoms with van der Waals surface area (Å²) >= 11 is 1.49. The molecule has 1 aliphatic rings. The molecule has 0 aliphatic carbocycles. The average molecular weight is 425 g/mol. The van der Waals surface area contributed by atoms with Crippen LogP contribution in [0.5, 0.6) is 0 Å². The van der Waals surface area contributed by atoms with Crippen LogP contribution < -0.4 is 5.73 Å². The van der Waals surface area contributed by atoms with E-state index in [9.17, 15) is 18.0 Å². The Bertz CT molecular complexity index is 937. The minimum absolute atomic E-state index is 0.0278. The van der Waals surface area contributed by atoms with Gasteiger partial charge in [-0.05, 0) is 23.8 Å². The third kappa shape index (κ3) is 4.72. The van der Waals surface area contributed by atoms with Crippen LogP contribution in [0, 0.1) is 0 Å². The van der Waals surface area contributed by atoms with Gasteiger partial charge in [-0.2, -0.15) is 4.31 Å². The highest BCUT2D eigenvalue weighted by Gasteiger charge is 2.32. The quantitative estimate of drug-likeness (QED) is 0.687. The van der Waals surface area contributed by atoms with Crippen molar-refractivity contribution >= 4 is 33.6 Å². The number of hydrogen-bond donors (Lipinski definition) is 1. The molecule has 9 nitrogen and oxygen atoms in total. The van der Waals surface area contributed by atoms with E-state index < -0.39 is 15.9 Å². The summed E-state index contributed by atoms with van der Waals surface area (Å²) in [6.07, 6.45) is 3.46. The largest absolute Gasteiger partial charge is 0.438 e. The smallest absolute Gasteiger partial charge is 0.284 e. The normalized spacial score (nSPS) is 15.5. The summed E-state index contributed by atoms with van der Waals surface area (Å²) in [6, 6.07) is 6.24. The summed E-state index contributed by atoms with van der Waals surface area (Å²) in [5.41, 5.74) is 6.13. The van der Waals surface area contributed by atoms with Crippen LogP contribution in [0.4, 0.5) is 0 Å². The van der Waals surface area contributed by atoms with Gasteiger partial charge in [-0.15, -0.1) is 11.8 Å². The van der Waals surface area contributed by atoms with Gasteiger partial charge in [0.25, 0.3) is 15.9 Å². The van der Waals surface area contributed by atoms with Crippen molar-refractivity contribution in [3.63, 3.8) is 0 Å². The number of nitrogens with two attached hydrogens (primary N) is 1. The molecule has 2 amide bonds. The van der Waals surface area contributed by atoms with Crippen molar-refractivity contribution in [2.24, 2.45) is 5.73 Å². The topological polar surface area (TPSA) is 127 Å². The summed E-state index contributed by atoms with van der Waals surface area (Å²) in [5.74, 6) is -0.0604. The first-order valence-electron chi connectivity index (χ1n) is 8.52. The molecule has 1 saturated heterocycles. The van der Waals surface area contributed by atoms with Gasteiger partial charge in [0, 0.05) is 44.3 Å². The first-order chi connectivity index (χ1) is 13.4. The van der Waals surface area contributed by atoms with Gasteiger partial charge in [-0.25, -0.2) is 8.42 Å². The summed E-state index contributed by atoms with van der Waals surface area (Å²) in [5, 5.41) is -0.326. The molecule has 1 aliphatic heterocycles. The molecule has 0 atom stereocenters. The Labute approximate surface area is 166 Å². The summed E-state index contributed by atoms with van der Waals surface area (Å²) < 4.78 is 31.5. The molecule has 1 fully saturated rings. The molecule has 0 aromatic carbocycles. The van der Waals surface area contributed by atoms with Crippen molar-refractivity contribution < 1.29 is 22.4 Å². The first-order valence-corrected chi connectivity index (χ1v) is 11.1. The summed E-state index contributed by atoms with van der Waals surface area (Å²) in [6.45, 7) is 0.922. The van der Waals surface area contributed by atoms with Crippen LogP contribution in [-0.4, -0.2) is 66.4 Å². The maximum atomic E-state index is 12.6. The molecule has 3 rings (SSSR count). The number of carbonyl (C=O) groups is 2. The molecule has 150 valence electrons. The van der Waals surface area contributed by atoms with E-state index in [4.69, 9.17) is 10.2 Å². The lowest BCUT2D eigenvalue weighted by Gasteiger charge is -2.33. The highest BCUT2D eigenvalue weighted by Crippen LogP contribution is 2.20. The number of hydrogen-bond acceptors (Lipinski definition) is 7. The number of rotatable bonds is 7. The number of pyridine rings is 1. The number of amides is 2. The number of sulfonamides is 1. The number of carbonyl (C=O) groups excluding carboxylic acids is 2. The fourth-order valence-corrected chi connectivity index (χ4v) is 4.93. The maximum absolute atomic E-state index is 12.6. The second-order valence-electron chi connectivity index (χ2n) is 6.12. The third-order valence-electron chi connectivity index (χ3n) is 4.23. The van der Waals surface area contributed by atoms with Gasteiger partial charge >= 0.3 is 0 Å². The van der Waals surface area contributed by atoms with Crippen LogP contribution in [0.25, 0.3) is 0 Å². The Kier molecular flexibility index (Phi) is 6.37. The van der Waals surface area contributed by atoms with Crippen LogP contribution in [0.2, 0.25) is 0 Å². The Balaban J connectivity index is 1.50. The van der Waals surface area contributed by atoms with Gasteiger partial charge in [-0.1, -0.05) is 6.07 Å². The van der Waals surface area contributed by atoms with Gasteiger partial charge in [0.2, 0.25) is 11.0 Å². The van der Waals surface area contributed by atoms with Crippen LogP contribution in [0.1, 0.15) is 16.1 Å². The zero-order valence-electron chi connectivity index (χ0n) is 15.0. The van der Waals surface area contributed by atoms with Crippen molar-refractivity contribution in [3.05, 3.63) is 48.0 Å². The lowest BCUT2D eigenvalue weighted by atomic mass is 10.3. The van der Waals surface area contributed by atoms with E-state index >= 15 is 0 Å². The van der Waals surface area contributed by atoms with E-state index in [0.29, 0.717) is 24.6 Å². The molecule has 28 heavy (non-hydrogen) atoms. The van der Waals surface area contributed by atoms with Crippen LogP contribution >= 0.6 is 11.8 Å². The molecule has 11 heteroatoms. The molecular formula is C17H20N4O5S2. The predicted octanol–water partition coefficient (Wildman–Crippen LogP) is 0.540. The molecule has 2 N–H and O–H groups in total. The van der Waals surface area contributed by atoms with Gasteiger partial charge < -0.3 is 15.1 Å². The highest BCUT2D eigenvalue weighted by molar-refractivity contribution is 7.99. The van der Waals surface area contributed by atoms with Crippen LogP contribution in [0.15, 0.2) is 46.2 Å². The van der Waals surface area contributed by atoms with Crippen molar-refractivity contribution in [1.29, 1.82) is 0 Å². The zero-order chi connectivity index (χ0) is 20.1. The van der Waals surface area contributed by atoms with E-state index in [1.807, 2.05) is 12.1 Å². The number of primary amides is 1. The SMILES string of the molecule is NC(=O)c1ccc(S(=O)(=O)N2CCN(C(=O)CSCc3cccnc3)CC2)o1. The summed E-state index contributed by atoms with van der Waals surface area (Å²) in [7, 11) is -3.87. The van der Waals surface area contributed by atoms with Crippen molar-refractivity contribution in [2.45, 2.75) is 10.8 Å². The van der Waals surface area contributed by atoms with Crippen LogP contribution in [0.3, 0.4) is 0 Å². The Morgan fingerprint density at radius 2 is 1.93 bits per heavy atom. The second kappa shape index (κ2) is 8.76. The number of piperazine rings is 1. The minimum Gasteiger partial charge on any atom is -0.438 e. The Morgan fingerprint density at radius 1 is 1.18 bits per heavy atom. The molecule has 0 saturated carbocycles. The van der Waals surface area contributed by atoms with Gasteiger partial charge in [0.05, 0.1) is 5.75 Å². The minimum atomic E-state index is -3.87. The number of furan rings is 1. The van der Waals surface area contributed by atoms with Crippen molar-refractivity contribution in [3.8, 4) is 0 Å². The first kappa shape index (κ1) is 20.4. The van der Waals surface area contributed by atoms with E-state index in [0.717, 1.165) is 5.56 Å². The number of thioether (sulfide) groups is 1. The Morgan fingerprint density at radius 3 is 2.54 bits per heavy atom. The molecule has 2 aromatic rings. The fraction of sp³-hybridized carbons (Fsp3) is 0.353. The maximum Gasteiger partial charge on any atom is 0.284 e. The van der Waals surface area contributed by atoms with E-state index in [-0.39, 0.29) is 29.8 Å². The third-order valence-corrected chi connectivity index (χ3v) is 6.99. The predicted molar refractivity (Wildman–Crippen MR) is 103 cm³/mol. The lowest BCUT2D eigenvalue weighted by Crippen LogP contribution is -2.50. The van der Waals surface area contributed by atoms with Gasteiger partial charge in [0.1, 0.15) is 0 Å². The van der Waals surface area contributed by atoms with Gasteiger partial charge in [-0.3, -0.25) is 14.6 Å².